The molecule has 20 heavy (non-hydrogen) atoms. The zero-order chi connectivity index (χ0) is 14.4. The minimum absolute atomic E-state index is 0.0112. The second-order valence-corrected chi connectivity index (χ2v) is 3.86. The third-order valence-corrected chi connectivity index (χ3v) is 2.53. The van der Waals surface area contributed by atoms with E-state index in [-0.39, 0.29) is 5.69 Å². The van der Waals surface area contributed by atoms with Crippen LogP contribution in [-0.4, -0.2) is 4.92 Å². The van der Waals surface area contributed by atoms with Crippen molar-refractivity contribution in [3.05, 3.63) is 76.4 Å². The van der Waals surface area contributed by atoms with Crippen LogP contribution in [0.4, 0.5) is 5.69 Å². The van der Waals surface area contributed by atoms with E-state index in [2.05, 4.69) is 0 Å². The molecule has 0 bridgehead atoms. The lowest BCUT2D eigenvalue weighted by Crippen LogP contribution is -1.95. The fraction of sp³-hybridized carbons (Fsp3) is 0. The average Bonchev–Trinajstić information content (AvgIpc) is 2.48. The summed E-state index contributed by atoms with van der Waals surface area (Å²) >= 11 is 0. The summed E-state index contributed by atoms with van der Waals surface area (Å²) in [4.78, 5) is 10.1. The Bertz CT molecular complexity index is 671. The van der Waals surface area contributed by atoms with Crippen LogP contribution >= 0.6 is 0 Å². The lowest BCUT2D eigenvalue weighted by molar-refractivity contribution is -0.384. The summed E-state index contributed by atoms with van der Waals surface area (Å²) in [5, 5.41) is 19.4. The number of benzene rings is 2. The van der Waals surface area contributed by atoms with E-state index in [1.165, 1.54) is 30.3 Å². The number of ether oxygens (including phenoxy) is 1. The van der Waals surface area contributed by atoms with Gasteiger partial charge in [0.15, 0.2) is 0 Å². The number of rotatable bonds is 4. The highest BCUT2D eigenvalue weighted by atomic mass is 16.6. The molecule has 0 fully saturated rings. The van der Waals surface area contributed by atoms with E-state index in [4.69, 9.17) is 10.00 Å². The molecule has 0 atom stereocenters. The van der Waals surface area contributed by atoms with E-state index in [1.54, 1.807) is 0 Å². The Hall–Kier alpha value is -3.13. The zero-order valence-corrected chi connectivity index (χ0v) is 10.4. The number of hydrogen-bond donors (Lipinski definition) is 0. The molecule has 0 aromatic heterocycles. The Balaban J connectivity index is 2.24. The molecular formula is C15H10N2O3. The third kappa shape index (κ3) is 3.21. The third-order valence-electron chi connectivity index (χ3n) is 2.53. The number of hydrogen-bond acceptors (Lipinski definition) is 4. The van der Waals surface area contributed by atoms with E-state index >= 15 is 0 Å². The van der Waals surface area contributed by atoms with Gasteiger partial charge in [-0.1, -0.05) is 30.3 Å². The summed E-state index contributed by atoms with van der Waals surface area (Å²) in [5.74, 6) is 0.822. The largest absolute Gasteiger partial charge is 0.456 e. The van der Waals surface area contributed by atoms with E-state index in [0.717, 1.165) is 5.56 Å². The predicted octanol–water partition coefficient (Wildman–Crippen LogP) is 3.54. The van der Waals surface area contributed by atoms with Crippen molar-refractivity contribution in [1.29, 1.82) is 5.26 Å². The molecule has 0 amide bonds. The number of allylic oxidation sites excluding steroid dienone is 1. The maximum absolute atomic E-state index is 10.6. The van der Waals surface area contributed by atoms with Crippen LogP contribution in [0.15, 0.2) is 60.7 Å². The molecule has 0 spiro atoms. The fourth-order valence-corrected chi connectivity index (χ4v) is 1.60. The highest BCUT2D eigenvalue weighted by Gasteiger charge is 2.07. The van der Waals surface area contributed by atoms with E-state index in [1.807, 2.05) is 36.4 Å². The molecule has 98 valence electrons. The topological polar surface area (TPSA) is 76.2 Å². The van der Waals surface area contributed by atoms with Crippen LogP contribution < -0.4 is 4.74 Å². The molecule has 0 aliphatic carbocycles. The van der Waals surface area contributed by atoms with Crippen molar-refractivity contribution in [3.63, 3.8) is 0 Å². The van der Waals surface area contributed by atoms with Gasteiger partial charge in [-0.15, -0.1) is 0 Å². The fourth-order valence-electron chi connectivity index (χ4n) is 1.60. The first-order chi connectivity index (χ1) is 9.70. The van der Waals surface area contributed by atoms with Crippen LogP contribution in [-0.2, 0) is 0 Å². The van der Waals surface area contributed by atoms with E-state index < -0.39 is 4.92 Å². The molecule has 5 nitrogen and oxygen atoms in total. The van der Waals surface area contributed by atoms with E-state index in [9.17, 15) is 10.1 Å². The molecule has 0 heterocycles. The lowest BCUT2D eigenvalue weighted by Gasteiger charge is -2.08. The van der Waals surface area contributed by atoms with Gasteiger partial charge in [-0.05, 0) is 12.1 Å². The van der Waals surface area contributed by atoms with Crippen LogP contribution in [0.2, 0.25) is 0 Å². The standard InChI is InChI=1S/C15H10N2O3/c16-11-10-15(12-4-2-1-3-5-12)20-14-8-6-13(7-9-14)17(18)19/h1-10H/b15-10-. The summed E-state index contributed by atoms with van der Waals surface area (Å²) in [6.07, 6.45) is 1.29. The Morgan fingerprint density at radius 2 is 1.80 bits per heavy atom. The number of non-ortho nitro benzene ring substituents is 1. The number of nitrogens with zero attached hydrogens (tertiary/aromatic N) is 2. The summed E-state index contributed by atoms with van der Waals surface area (Å²) in [6, 6.07) is 16.8. The van der Waals surface area contributed by atoms with Crippen molar-refractivity contribution in [3.8, 4) is 11.8 Å². The summed E-state index contributed by atoms with van der Waals surface area (Å²) in [5.41, 5.74) is 0.746. The van der Waals surface area contributed by atoms with E-state index in [0.29, 0.717) is 11.5 Å². The van der Waals surface area contributed by atoms with Crippen LogP contribution in [0.25, 0.3) is 5.76 Å². The Labute approximate surface area is 115 Å². The maximum atomic E-state index is 10.6. The van der Waals surface area contributed by atoms with Crippen molar-refractivity contribution in [1.82, 2.24) is 0 Å². The summed E-state index contributed by atoms with van der Waals surface area (Å²) in [7, 11) is 0. The van der Waals surface area contributed by atoms with Crippen molar-refractivity contribution in [2.75, 3.05) is 0 Å². The Morgan fingerprint density at radius 1 is 1.15 bits per heavy atom. The first-order valence-electron chi connectivity index (χ1n) is 5.78. The second-order valence-electron chi connectivity index (χ2n) is 3.86. The predicted molar refractivity (Wildman–Crippen MR) is 73.8 cm³/mol. The second kappa shape index (κ2) is 6.16. The number of nitro benzene ring substituents is 1. The number of nitriles is 1. The molecule has 0 radical (unpaired) electrons. The highest BCUT2D eigenvalue weighted by Crippen LogP contribution is 2.23. The van der Waals surface area contributed by atoms with Crippen LogP contribution in [0.5, 0.6) is 5.75 Å². The monoisotopic (exact) mass is 266 g/mol. The van der Waals surface area contributed by atoms with Gasteiger partial charge in [0.05, 0.1) is 17.1 Å². The maximum Gasteiger partial charge on any atom is 0.269 e. The minimum atomic E-state index is -0.479. The Morgan fingerprint density at radius 3 is 2.35 bits per heavy atom. The van der Waals surface area contributed by atoms with Gasteiger partial charge in [0, 0.05) is 17.7 Å². The molecule has 2 rings (SSSR count). The van der Waals surface area contributed by atoms with Crippen molar-refractivity contribution in [2.24, 2.45) is 0 Å². The molecular weight excluding hydrogens is 256 g/mol. The Kier molecular flexibility index (Phi) is 4.10. The first kappa shape index (κ1) is 13.3. The average molecular weight is 266 g/mol. The molecule has 0 saturated heterocycles. The van der Waals surface area contributed by atoms with Crippen molar-refractivity contribution >= 4 is 11.4 Å². The van der Waals surface area contributed by atoms with Gasteiger partial charge in [-0.25, -0.2) is 0 Å². The van der Waals surface area contributed by atoms with Gasteiger partial charge >= 0.3 is 0 Å². The summed E-state index contributed by atoms with van der Waals surface area (Å²) < 4.78 is 5.59. The van der Waals surface area contributed by atoms with Crippen LogP contribution in [0.1, 0.15) is 5.56 Å². The van der Waals surface area contributed by atoms with Gasteiger partial charge in [0.2, 0.25) is 0 Å². The SMILES string of the molecule is N#C/C=C(\Oc1ccc([N+](=O)[O-])cc1)c1ccccc1. The minimum Gasteiger partial charge on any atom is -0.456 e. The van der Waals surface area contributed by atoms with Crippen LogP contribution in [0.3, 0.4) is 0 Å². The molecule has 0 unspecified atom stereocenters. The molecule has 0 saturated carbocycles. The quantitative estimate of drug-likeness (QED) is 0.367. The van der Waals surface area contributed by atoms with Crippen molar-refractivity contribution in [2.45, 2.75) is 0 Å². The van der Waals surface area contributed by atoms with Crippen molar-refractivity contribution < 1.29 is 9.66 Å². The normalized spacial score (nSPS) is 10.7. The van der Waals surface area contributed by atoms with Gasteiger partial charge < -0.3 is 4.74 Å². The molecule has 2 aromatic carbocycles. The molecule has 0 N–H and O–H groups in total. The zero-order valence-electron chi connectivity index (χ0n) is 10.4. The summed E-state index contributed by atoms with van der Waals surface area (Å²) in [6.45, 7) is 0. The van der Waals surface area contributed by atoms with Gasteiger partial charge in [0.25, 0.3) is 5.69 Å². The first-order valence-corrected chi connectivity index (χ1v) is 5.78. The lowest BCUT2D eigenvalue weighted by atomic mass is 10.2. The van der Waals surface area contributed by atoms with Gasteiger partial charge in [0.1, 0.15) is 11.5 Å². The van der Waals surface area contributed by atoms with Crippen LogP contribution in [0, 0.1) is 21.4 Å². The van der Waals surface area contributed by atoms with Gasteiger partial charge in [-0.3, -0.25) is 10.1 Å². The molecule has 0 aliphatic rings. The molecule has 5 heteroatoms. The van der Waals surface area contributed by atoms with Gasteiger partial charge in [-0.2, -0.15) is 5.26 Å². The number of nitro groups is 1. The molecule has 2 aromatic rings. The molecule has 0 aliphatic heterocycles. The highest BCUT2D eigenvalue weighted by molar-refractivity contribution is 5.64. The smallest absolute Gasteiger partial charge is 0.269 e.